The van der Waals surface area contributed by atoms with Crippen molar-refractivity contribution in [3.05, 3.63) is 0 Å². The Balaban J connectivity index is 1.88. The van der Waals surface area contributed by atoms with Crippen LogP contribution in [0.2, 0.25) is 0 Å². The molecule has 2 aliphatic rings. The number of rotatable bonds is 4. The first-order chi connectivity index (χ1) is 9.66. The number of nitrogens with zero attached hydrogens (tertiary/aromatic N) is 3. The average molecular weight is 282 g/mol. The molecule has 2 aliphatic heterocycles. The van der Waals surface area contributed by atoms with Gasteiger partial charge in [0, 0.05) is 46.3 Å². The summed E-state index contributed by atoms with van der Waals surface area (Å²) in [5.74, 6) is 1.48. The first-order valence-corrected chi connectivity index (χ1v) is 7.48. The van der Waals surface area contributed by atoms with Crippen LogP contribution in [0, 0.1) is 5.92 Å². The minimum Gasteiger partial charge on any atom is -0.381 e. The van der Waals surface area contributed by atoms with Crippen LogP contribution in [0.4, 0.5) is 0 Å². The molecule has 0 aromatic carbocycles. The Morgan fingerprint density at radius 1 is 1.40 bits per heavy atom. The van der Waals surface area contributed by atoms with Crippen molar-refractivity contribution in [2.75, 3.05) is 53.5 Å². The third kappa shape index (κ3) is 4.37. The van der Waals surface area contributed by atoms with Crippen LogP contribution >= 0.6 is 0 Å². The van der Waals surface area contributed by atoms with Crippen molar-refractivity contribution in [3.8, 4) is 0 Å². The number of carbonyl (C=O) groups excluding carboxylic acids is 1. The molecule has 1 N–H and O–H groups in total. The fraction of sp³-hybridized carbons (Fsp3) is 0.857. The highest BCUT2D eigenvalue weighted by atomic mass is 16.5. The van der Waals surface area contributed by atoms with E-state index in [1.54, 1.807) is 19.0 Å². The number of amides is 1. The van der Waals surface area contributed by atoms with Crippen molar-refractivity contribution in [2.24, 2.45) is 10.9 Å². The summed E-state index contributed by atoms with van der Waals surface area (Å²) < 4.78 is 5.39. The topological polar surface area (TPSA) is 57.2 Å². The summed E-state index contributed by atoms with van der Waals surface area (Å²) in [4.78, 5) is 20.0. The van der Waals surface area contributed by atoms with Gasteiger partial charge in [-0.25, -0.2) is 4.99 Å². The molecule has 1 unspecified atom stereocenters. The van der Waals surface area contributed by atoms with Gasteiger partial charge < -0.3 is 19.9 Å². The molecule has 0 saturated carbocycles. The molecular weight excluding hydrogens is 256 g/mol. The molecular formula is C14H26N4O2. The fourth-order valence-electron chi connectivity index (χ4n) is 2.46. The summed E-state index contributed by atoms with van der Waals surface area (Å²) >= 11 is 0. The molecule has 2 saturated heterocycles. The molecule has 0 bridgehead atoms. The van der Waals surface area contributed by atoms with Gasteiger partial charge in [0.2, 0.25) is 5.91 Å². The van der Waals surface area contributed by atoms with E-state index in [0.29, 0.717) is 5.92 Å². The lowest BCUT2D eigenvalue weighted by molar-refractivity contribution is -0.127. The number of likely N-dealkylation sites (N-methyl/N-ethyl adjacent to an activating group) is 1. The predicted molar refractivity (Wildman–Crippen MR) is 78.7 cm³/mol. The molecule has 2 heterocycles. The standard InChI is InChI=1S/C14H26N4O2/c1-17(2)13(19)10-16-14(18-6-3-4-7-18)15-9-12-5-8-20-11-12/h12H,3-11H2,1-2H3,(H,15,16). The van der Waals surface area contributed by atoms with Gasteiger partial charge in [-0.15, -0.1) is 0 Å². The molecule has 2 fully saturated rings. The van der Waals surface area contributed by atoms with Crippen molar-refractivity contribution in [2.45, 2.75) is 19.3 Å². The van der Waals surface area contributed by atoms with E-state index in [4.69, 9.17) is 4.74 Å². The molecule has 20 heavy (non-hydrogen) atoms. The van der Waals surface area contributed by atoms with E-state index < -0.39 is 0 Å². The van der Waals surface area contributed by atoms with Crippen LogP contribution in [-0.2, 0) is 9.53 Å². The van der Waals surface area contributed by atoms with Gasteiger partial charge >= 0.3 is 0 Å². The first-order valence-electron chi connectivity index (χ1n) is 7.48. The molecule has 0 aromatic heterocycles. The summed E-state index contributed by atoms with van der Waals surface area (Å²) in [6.45, 7) is 4.85. The Bertz CT molecular complexity index is 345. The summed E-state index contributed by atoms with van der Waals surface area (Å²) in [5.41, 5.74) is 0. The van der Waals surface area contributed by atoms with Gasteiger partial charge in [0.05, 0.1) is 6.61 Å². The Morgan fingerprint density at radius 3 is 2.75 bits per heavy atom. The monoisotopic (exact) mass is 282 g/mol. The van der Waals surface area contributed by atoms with E-state index in [-0.39, 0.29) is 12.5 Å². The Kier molecular flexibility index (Phi) is 5.64. The maximum atomic E-state index is 11.7. The van der Waals surface area contributed by atoms with Gasteiger partial charge in [-0.05, 0) is 19.3 Å². The maximum Gasteiger partial charge on any atom is 0.243 e. The van der Waals surface area contributed by atoms with Gasteiger partial charge in [0.15, 0.2) is 5.96 Å². The molecule has 0 aliphatic carbocycles. The highest BCUT2D eigenvalue weighted by Gasteiger charge is 2.20. The minimum atomic E-state index is 0.0349. The zero-order valence-corrected chi connectivity index (χ0v) is 12.6. The van der Waals surface area contributed by atoms with Crippen molar-refractivity contribution >= 4 is 11.9 Å². The van der Waals surface area contributed by atoms with Crippen LogP contribution in [-0.4, -0.2) is 75.2 Å². The quantitative estimate of drug-likeness (QED) is 0.589. The second-order valence-corrected chi connectivity index (χ2v) is 5.73. The molecule has 1 atom stereocenters. The number of guanidine groups is 1. The van der Waals surface area contributed by atoms with Crippen LogP contribution in [0.25, 0.3) is 0 Å². The van der Waals surface area contributed by atoms with Crippen LogP contribution in [0.5, 0.6) is 0 Å². The molecule has 0 aromatic rings. The normalized spacial score (nSPS) is 23.2. The number of nitrogens with one attached hydrogen (secondary N) is 1. The van der Waals surface area contributed by atoms with Gasteiger partial charge in [0.1, 0.15) is 6.54 Å². The van der Waals surface area contributed by atoms with Crippen molar-refractivity contribution in [1.82, 2.24) is 15.1 Å². The van der Waals surface area contributed by atoms with Crippen LogP contribution in [0.3, 0.4) is 0 Å². The SMILES string of the molecule is CN(C)C(=O)CN=C(NCC1CCOC1)N1CCCC1. The second kappa shape index (κ2) is 7.47. The minimum absolute atomic E-state index is 0.0349. The Hall–Kier alpha value is -1.30. The molecule has 6 nitrogen and oxygen atoms in total. The Morgan fingerprint density at radius 2 is 2.15 bits per heavy atom. The first kappa shape index (κ1) is 15.1. The van der Waals surface area contributed by atoms with E-state index in [1.807, 2.05) is 0 Å². The number of ether oxygens (including phenoxy) is 1. The summed E-state index contributed by atoms with van der Waals surface area (Å²) in [6, 6.07) is 0. The summed E-state index contributed by atoms with van der Waals surface area (Å²) in [5, 5.41) is 3.42. The molecule has 0 radical (unpaired) electrons. The fourth-order valence-corrected chi connectivity index (χ4v) is 2.46. The predicted octanol–water partition coefficient (Wildman–Crippen LogP) is 0.153. The third-order valence-corrected chi connectivity index (χ3v) is 3.84. The van der Waals surface area contributed by atoms with Crippen molar-refractivity contribution in [3.63, 3.8) is 0 Å². The Labute approximate surface area is 121 Å². The molecule has 6 heteroatoms. The lowest BCUT2D eigenvalue weighted by atomic mass is 10.1. The van der Waals surface area contributed by atoms with E-state index in [0.717, 1.165) is 45.2 Å². The molecule has 114 valence electrons. The zero-order chi connectivity index (χ0) is 14.4. The molecule has 2 rings (SSSR count). The molecule has 1 amide bonds. The average Bonchev–Trinajstić information content (AvgIpc) is 3.11. The van der Waals surface area contributed by atoms with Gasteiger partial charge in [-0.1, -0.05) is 0 Å². The van der Waals surface area contributed by atoms with E-state index >= 15 is 0 Å². The number of likely N-dealkylation sites (tertiary alicyclic amines) is 1. The number of hydrogen-bond donors (Lipinski definition) is 1. The highest BCUT2D eigenvalue weighted by Crippen LogP contribution is 2.12. The van der Waals surface area contributed by atoms with Crippen LogP contribution in [0.15, 0.2) is 4.99 Å². The van der Waals surface area contributed by atoms with E-state index in [9.17, 15) is 4.79 Å². The van der Waals surface area contributed by atoms with Crippen LogP contribution in [0.1, 0.15) is 19.3 Å². The summed E-state index contributed by atoms with van der Waals surface area (Å²) in [7, 11) is 3.52. The summed E-state index contributed by atoms with van der Waals surface area (Å²) in [6.07, 6.45) is 3.51. The number of aliphatic imine (C=N–C) groups is 1. The second-order valence-electron chi connectivity index (χ2n) is 5.73. The van der Waals surface area contributed by atoms with Crippen LogP contribution < -0.4 is 5.32 Å². The van der Waals surface area contributed by atoms with E-state index in [1.165, 1.54) is 12.8 Å². The van der Waals surface area contributed by atoms with Crippen molar-refractivity contribution < 1.29 is 9.53 Å². The number of hydrogen-bond acceptors (Lipinski definition) is 3. The van der Waals surface area contributed by atoms with Gasteiger partial charge in [0.25, 0.3) is 0 Å². The zero-order valence-electron chi connectivity index (χ0n) is 12.6. The lowest BCUT2D eigenvalue weighted by Crippen LogP contribution is -2.42. The largest absolute Gasteiger partial charge is 0.381 e. The molecule has 0 spiro atoms. The van der Waals surface area contributed by atoms with Crippen molar-refractivity contribution in [1.29, 1.82) is 0 Å². The van der Waals surface area contributed by atoms with Gasteiger partial charge in [-0.2, -0.15) is 0 Å². The maximum absolute atomic E-state index is 11.7. The third-order valence-electron chi connectivity index (χ3n) is 3.84. The highest BCUT2D eigenvalue weighted by molar-refractivity contribution is 5.85. The smallest absolute Gasteiger partial charge is 0.243 e. The lowest BCUT2D eigenvalue weighted by Gasteiger charge is -2.23. The van der Waals surface area contributed by atoms with E-state index in [2.05, 4.69) is 15.2 Å². The van der Waals surface area contributed by atoms with Gasteiger partial charge in [-0.3, -0.25) is 4.79 Å². The number of carbonyl (C=O) groups is 1.